The summed E-state index contributed by atoms with van der Waals surface area (Å²) in [6.07, 6.45) is 6.94. The topological polar surface area (TPSA) is 96.3 Å². The smallest absolute Gasteiger partial charge is 0.241 e. The van der Waals surface area contributed by atoms with E-state index in [4.69, 9.17) is 0 Å². The third kappa shape index (κ3) is 5.39. The van der Waals surface area contributed by atoms with Crippen LogP contribution in [0.4, 0.5) is 5.69 Å². The third-order valence-corrected chi connectivity index (χ3v) is 3.78. The van der Waals surface area contributed by atoms with Gasteiger partial charge < -0.3 is 15.5 Å². The molecular weight excluding hydrogens is 298 g/mol. The van der Waals surface area contributed by atoms with Gasteiger partial charge in [-0.05, 0) is 12.8 Å². The monoisotopic (exact) mass is 321 g/mol. The first-order chi connectivity index (χ1) is 11.1. The molecule has 2 rings (SSSR count). The van der Waals surface area contributed by atoms with E-state index < -0.39 is 0 Å². The highest BCUT2D eigenvalue weighted by Crippen LogP contribution is 2.12. The molecule has 3 amide bonds. The van der Waals surface area contributed by atoms with Gasteiger partial charge in [0.15, 0.2) is 0 Å². The van der Waals surface area contributed by atoms with Gasteiger partial charge in [-0.1, -0.05) is 6.42 Å². The lowest BCUT2D eigenvalue weighted by Gasteiger charge is -2.19. The molecule has 0 bridgehead atoms. The summed E-state index contributed by atoms with van der Waals surface area (Å²) in [5.41, 5.74) is 0.543. The Morgan fingerprint density at radius 2 is 2.09 bits per heavy atom. The van der Waals surface area contributed by atoms with E-state index >= 15 is 0 Å². The van der Waals surface area contributed by atoms with Gasteiger partial charge in [0, 0.05) is 39.2 Å². The maximum atomic E-state index is 12.0. The first-order valence-corrected chi connectivity index (χ1v) is 7.89. The Labute approximate surface area is 135 Å². The number of hydrogen-bond acceptors (Lipinski definition) is 4. The molecule has 0 atom stereocenters. The summed E-state index contributed by atoms with van der Waals surface area (Å²) in [5, 5.41) is 9.24. The molecule has 0 aromatic carbocycles. The van der Waals surface area contributed by atoms with Gasteiger partial charge in [0.2, 0.25) is 17.7 Å². The molecule has 1 aliphatic rings. The number of aromatic nitrogens is 2. The molecule has 126 valence electrons. The number of likely N-dealkylation sites (tertiary alicyclic amines) is 1. The van der Waals surface area contributed by atoms with Crippen molar-refractivity contribution in [2.45, 2.75) is 38.6 Å². The van der Waals surface area contributed by atoms with E-state index in [1.54, 1.807) is 18.1 Å². The zero-order valence-electron chi connectivity index (χ0n) is 13.4. The van der Waals surface area contributed by atoms with Crippen LogP contribution in [0.5, 0.6) is 0 Å². The Morgan fingerprint density at radius 3 is 2.87 bits per heavy atom. The molecular formula is C15H23N5O3. The maximum Gasteiger partial charge on any atom is 0.241 e. The van der Waals surface area contributed by atoms with E-state index in [0.717, 1.165) is 25.8 Å². The molecule has 2 N–H and O–H groups in total. The van der Waals surface area contributed by atoms with Gasteiger partial charge in [0.05, 0.1) is 11.9 Å². The number of likely N-dealkylation sites (N-methyl/N-ethyl adjacent to an activating group) is 1. The predicted octanol–water partition coefficient (Wildman–Crippen LogP) is 0.360. The minimum Gasteiger partial charge on any atom is -0.358 e. The Bertz CT molecular complexity index is 569. The van der Waals surface area contributed by atoms with Crippen LogP contribution in [-0.4, -0.2) is 52.5 Å². The first kappa shape index (κ1) is 17.0. The fourth-order valence-electron chi connectivity index (χ4n) is 2.48. The van der Waals surface area contributed by atoms with E-state index in [2.05, 4.69) is 15.7 Å². The molecule has 1 saturated heterocycles. The van der Waals surface area contributed by atoms with Gasteiger partial charge in [-0.2, -0.15) is 5.10 Å². The summed E-state index contributed by atoms with van der Waals surface area (Å²) in [5.74, 6) is -0.194. The average Bonchev–Trinajstić information content (AvgIpc) is 2.85. The standard InChI is InChI=1S/C15H23N5O3/c1-16-14(22)11-20-10-12(9-17-20)18-13(21)6-8-19-7-4-2-3-5-15(19)23/h9-10H,2-8,11H2,1H3,(H,16,22)(H,18,21). The second kappa shape index (κ2) is 8.30. The van der Waals surface area contributed by atoms with Crippen LogP contribution in [0.1, 0.15) is 32.1 Å². The molecule has 0 aliphatic carbocycles. The van der Waals surface area contributed by atoms with Crippen LogP contribution in [0.2, 0.25) is 0 Å². The van der Waals surface area contributed by atoms with Crippen molar-refractivity contribution in [3.63, 3.8) is 0 Å². The largest absolute Gasteiger partial charge is 0.358 e. The highest BCUT2D eigenvalue weighted by molar-refractivity contribution is 5.91. The van der Waals surface area contributed by atoms with Gasteiger partial charge in [-0.3, -0.25) is 19.1 Å². The maximum absolute atomic E-state index is 12.0. The normalized spacial score (nSPS) is 15.2. The van der Waals surface area contributed by atoms with Crippen LogP contribution in [-0.2, 0) is 20.9 Å². The van der Waals surface area contributed by atoms with Crippen LogP contribution >= 0.6 is 0 Å². The second-order valence-electron chi connectivity index (χ2n) is 5.59. The third-order valence-electron chi connectivity index (χ3n) is 3.78. The minimum atomic E-state index is -0.165. The van der Waals surface area contributed by atoms with E-state index in [1.807, 2.05) is 0 Å². The summed E-state index contributed by atoms with van der Waals surface area (Å²) in [7, 11) is 1.55. The number of amides is 3. The summed E-state index contributed by atoms with van der Waals surface area (Å²) in [6.45, 7) is 1.28. The van der Waals surface area contributed by atoms with Crippen molar-refractivity contribution in [2.75, 3.05) is 25.5 Å². The van der Waals surface area contributed by atoms with Crippen molar-refractivity contribution >= 4 is 23.4 Å². The SMILES string of the molecule is CNC(=O)Cn1cc(NC(=O)CCN2CCCCCC2=O)cn1. The van der Waals surface area contributed by atoms with E-state index in [-0.39, 0.29) is 30.7 Å². The van der Waals surface area contributed by atoms with Crippen molar-refractivity contribution in [2.24, 2.45) is 0 Å². The van der Waals surface area contributed by atoms with Crippen LogP contribution in [0.3, 0.4) is 0 Å². The molecule has 2 heterocycles. The molecule has 0 unspecified atom stereocenters. The van der Waals surface area contributed by atoms with Crippen LogP contribution in [0.25, 0.3) is 0 Å². The Morgan fingerprint density at radius 1 is 1.26 bits per heavy atom. The molecule has 1 fully saturated rings. The Kier molecular flexibility index (Phi) is 6.13. The van der Waals surface area contributed by atoms with Gasteiger partial charge in [0.25, 0.3) is 0 Å². The van der Waals surface area contributed by atoms with Gasteiger partial charge in [0.1, 0.15) is 6.54 Å². The molecule has 1 aromatic rings. The second-order valence-corrected chi connectivity index (χ2v) is 5.59. The van der Waals surface area contributed by atoms with Crippen molar-refractivity contribution in [1.29, 1.82) is 0 Å². The number of nitrogens with zero attached hydrogens (tertiary/aromatic N) is 3. The van der Waals surface area contributed by atoms with Crippen LogP contribution in [0, 0.1) is 0 Å². The summed E-state index contributed by atoms with van der Waals surface area (Å²) in [6, 6.07) is 0. The fourth-order valence-corrected chi connectivity index (χ4v) is 2.48. The summed E-state index contributed by atoms with van der Waals surface area (Å²) >= 11 is 0. The lowest BCUT2D eigenvalue weighted by molar-refractivity contribution is -0.131. The zero-order valence-corrected chi connectivity index (χ0v) is 13.4. The fraction of sp³-hybridized carbons (Fsp3) is 0.600. The van der Waals surface area contributed by atoms with Crippen molar-refractivity contribution in [3.05, 3.63) is 12.4 Å². The minimum absolute atomic E-state index is 0.106. The van der Waals surface area contributed by atoms with E-state index in [9.17, 15) is 14.4 Å². The van der Waals surface area contributed by atoms with Gasteiger partial charge in [-0.25, -0.2) is 0 Å². The number of rotatable bonds is 6. The first-order valence-electron chi connectivity index (χ1n) is 7.89. The summed E-state index contributed by atoms with van der Waals surface area (Å²) < 4.78 is 1.45. The van der Waals surface area contributed by atoms with Crippen molar-refractivity contribution < 1.29 is 14.4 Å². The summed E-state index contributed by atoms with van der Waals surface area (Å²) in [4.78, 5) is 36.9. The highest BCUT2D eigenvalue weighted by atomic mass is 16.2. The number of anilines is 1. The van der Waals surface area contributed by atoms with E-state index in [0.29, 0.717) is 18.7 Å². The molecule has 8 heteroatoms. The number of nitrogens with one attached hydrogen (secondary N) is 2. The van der Waals surface area contributed by atoms with Gasteiger partial charge >= 0.3 is 0 Å². The molecule has 0 saturated carbocycles. The molecule has 0 spiro atoms. The molecule has 23 heavy (non-hydrogen) atoms. The predicted molar refractivity (Wildman–Crippen MR) is 84.6 cm³/mol. The highest BCUT2D eigenvalue weighted by Gasteiger charge is 2.17. The number of carbonyl (C=O) groups excluding carboxylic acids is 3. The quantitative estimate of drug-likeness (QED) is 0.790. The average molecular weight is 321 g/mol. The lowest BCUT2D eigenvalue weighted by Crippen LogP contribution is -2.33. The zero-order chi connectivity index (χ0) is 16.7. The Hall–Kier alpha value is -2.38. The van der Waals surface area contributed by atoms with Crippen LogP contribution < -0.4 is 10.6 Å². The Balaban J connectivity index is 1.78. The van der Waals surface area contributed by atoms with Gasteiger partial charge in [-0.15, -0.1) is 0 Å². The molecule has 1 aliphatic heterocycles. The number of carbonyl (C=O) groups is 3. The molecule has 0 radical (unpaired) electrons. The van der Waals surface area contributed by atoms with Crippen LogP contribution in [0.15, 0.2) is 12.4 Å². The van der Waals surface area contributed by atoms with E-state index in [1.165, 1.54) is 10.9 Å². The lowest BCUT2D eigenvalue weighted by atomic mass is 10.2. The van der Waals surface area contributed by atoms with Crippen molar-refractivity contribution in [3.8, 4) is 0 Å². The van der Waals surface area contributed by atoms with Crippen molar-refractivity contribution in [1.82, 2.24) is 20.0 Å². The molecule has 1 aromatic heterocycles. The number of hydrogen-bond donors (Lipinski definition) is 2. The molecule has 8 nitrogen and oxygen atoms in total.